The smallest absolute Gasteiger partial charge is 0.160 e. The highest BCUT2D eigenvalue weighted by atomic mass is 16.7. The first-order chi connectivity index (χ1) is 7.13. The molecule has 4 nitrogen and oxygen atoms in total. The number of hydrogen-bond donors (Lipinski definition) is 1. The molecule has 0 radical (unpaired) electrons. The van der Waals surface area contributed by atoms with Crippen LogP contribution in [0.2, 0.25) is 0 Å². The zero-order chi connectivity index (χ0) is 11.7. The molecule has 0 aliphatic heterocycles. The van der Waals surface area contributed by atoms with Crippen molar-refractivity contribution in [2.24, 2.45) is 5.73 Å². The van der Waals surface area contributed by atoms with E-state index in [2.05, 4.69) is 0 Å². The Labute approximate surface area is 93.1 Å². The van der Waals surface area contributed by atoms with E-state index in [1.807, 2.05) is 27.7 Å². The van der Waals surface area contributed by atoms with Gasteiger partial charge in [-0.2, -0.15) is 0 Å². The van der Waals surface area contributed by atoms with Gasteiger partial charge in [-0.3, -0.25) is 0 Å². The van der Waals surface area contributed by atoms with Crippen molar-refractivity contribution in [3.05, 3.63) is 0 Å². The van der Waals surface area contributed by atoms with Crippen LogP contribution in [0.1, 0.15) is 34.1 Å². The molecule has 0 saturated carbocycles. The third-order valence-electron chi connectivity index (χ3n) is 1.89. The molecule has 1 unspecified atom stereocenters. The Balaban J connectivity index is 3.96. The van der Waals surface area contributed by atoms with Crippen LogP contribution < -0.4 is 5.73 Å². The van der Waals surface area contributed by atoms with Gasteiger partial charge in [-0.25, -0.2) is 0 Å². The van der Waals surface area contributed by atoms with Crippen LogP contribution in [0.25, 0.3) is 0 Å². The van der Waals surface area contributed by atoms with Gasteiger partial charge in [0.25, 0.3) is 0 Å². The molecule has 0 fully saturated rings. The molecule has 0 saturated heterocycles. The molecule has 0 bridgehead atoms. The van der Waals surface area contributed by atoms with E-state index in [0.717, 1.165) is 0 Å². The van der Waals surface area contributed by atoms with E-state index in [4.69, 9.17) is 19.9 Å². The van der Waals surface area contributed by atoms with Crippen LogP contribution in [0.15, 0.2) is 0 Å². The maximum Gasteiger partial charge on any atom is 0.160 e. The Morgan fingerprint density at radius 3 is 1.93 bits per heavy atom. The predicted molar refractivity (Wildman–Crippen MR) is 60.7 cm³/mol. The number of hydrogen-bond acceptors (Lipinski definition) is 4. The van der Waals surface area contributed by atoms with Crippen LogP contribution in [0.5, 0.6) is 0 Å². The van der Waals surface area contributed by atoms with Crippen molar-refractivity contribution in [1.82, 2.24) is 0 Å². The standard InChI is InChI=1S/C11H25NO3/c1-5-13-11(14-6-2)7-10(8-12)15-9(3)4/h9-11H,5-8,12H2,1-4H3. The van der Waals surface area contributed by atoms with E-state index in [1.54, 1.807) is 0 Å². The summed E-state index contributed by atoms with van der Waals surface area (Å²) < 4.78 is 16.5. The maximum absolute atomic E-state index is 5.64. The molecule has 15 heavy (non-hydrogen) atoms. The molecule has 0 aromatic heterocycles. The zero-order valence-electron chi connectivity index (χ0n) is 10.4. The van der Waals surface area contributed by atoms with Gasteiger partial charge in [-0.05, 0) is 27.7 Å². The molecule has 0 aromatic rings. The molecular formula is C11H25NO3. The molecular weight excluding hydrogens is 194 g/mol. The van der Waals surface area contributed by atoms with Gasteiger partial charge in [0.05, 0.1) is 12.2 Å². The average molecular weight is 219 g/mol. The largest absolute Gasteiger partial charge is 0.374 e. The lowest BCUT2D eigenvalue weighted by molar-refractivity contribution is -0.160. The summed E-state index contributed by atoms with van der Waals surface area (Å²) in [5.74, 6) is 0. The van der Waals surface area contributed by atoms with E-state index < -0.39 is 0 Å². The summed E-state index contributed by atoms with van der Waals surface area (Å²) in [6.45, 7) is 9.68. The van der Waals surface area contributed by atoms with Crippen LogP contribution in [0.3, 0.4) is 0 Å². The van der Waals surface area contributed by atoms with Crippen molar-refractivity contribution < 1.29 is 14.2 Å². The van der Waals surface area contributed by atoms with Crippen molar-refractivity contribution >= 4 is 0 Å². The Morgan fingerprint density at radius 1 is 1.07 bits per heavy atom. The van der Waals surface area contributed by atoms with Crippen LogP contribution >= 0.6 is 0 Å². The fraction of sp³-hybridized carbons (Fsp3) is 1.00. The SMILES string of the molecule is CCOC(CC(CN)OC(C)C)OCC. The summed E-state index contributed by atoms with van der Waals surface area (Å²) in [5, 5.41) is 0. The second-order valence-corrected chi connectivity index (χ2v) is 3.62. The minimum absolute atomic E-state index is 0.00750. The maximum atomic E-state index is 5.64. The first-order valence-corrected chi connectivity index (χ1v) is 5.72. The molecule has 0 aromatic carbocycles. The molecule has 92 valence electrons. The fourth-order valence-corrected chi connectivity index (χ4v) is 1.36. The highest BCUT2D eigenvalue weighted by Crippen LogP contribution is 2.09. The highest BCUT2D eigenvalue weighted by molar-refractivity contribution is 4.63. The average Bonchev–Trinajstić information content (AvgIpc) is 2.16. The molecule has 0 aliphatic carbocycles. The van der Waals surface area contributed by atoms with Crippen LogP contribution in [-0.4, -0.2) is 38.3 Å². The molecule has 0 amide bonds. The normalized spacial score (nSPS) is 13.8. The van der Waals surface area contributed by atoms with Gasteiger partial charge in [0.1, 0.15) is 0 Å². The summed E-state index contributed by atoms with van der Waals surface area (Å²) in [6.07, 6.45) is 0.680. The minimum Gasteiger partial charge on any atom is -0.374 e. The lowest BCUT2D eigenvalue weighted by atomic mass is 10.2. The lowest BCUT2D eigenvalue weighted by Crippen LogP contribution is -2.33. The first-order valence-electron chi connectivity index (χ1n) is 5.72. The van der Waals surface area contributed by atoms with E-state index in [1.165, 1.54) is 0 Å². The molecule has 4 heteroatoms. The molecule has 0 rings (SSSR count). The summed E-state index contributed by atoms with van der Waals surface area (Å²) >= 11 is 0. The van der Waals surface area contributed by atoms with Gasteiger partial charge in [-0.1, -0.05) is 0 Å². The summed E-state index contributed by atoms with van der Waals surface area (Å²) in [5.41, 5.74) is 5.63. The van der Waals surface area contributed by atoms with Gasteiger partial charge in [0.15, 0.2) is 6.29 Å². The van der Waals surface area contributed by atoms with Crippen molar-refractivity contribution in [3.8, 4) is 0 Å². The van der Waals surface area contributed by atoms with Crippen molar-refractivity contribution in [2.45, 2.75) is 52.6 Å². The lowest BCUT2D eigenvalue weighted by Gasteiger charge is -2.24. The topological polar surface area (TPSA) is 53.7 Å². The summed E-state index contributed by atoms with van der Waals surface area (Å²) in [6, 6.07) is 0. The van der Waals surface area contributed by atoms with Gasteiger partial charge < -0.3 is 19.9 Å². The van der Waals surface area contributed by atoms with E-state index in [9.17, 15) is 0 Å². The quantitative estimate of drug-likeness (QED) is 0.597. The van der Waals surface area contributed by atoms with Crippen LogP contribution in [-0.2, 0) is 14.2 Å². The zero-order valence-corrected chi connectivity index (χ0v) is 10.4. The van der Waals surface area contributed by atoms with Crippen molar-refractivity contribution in [3.63, 3.8) is 0 Å². The van der Waals surface area contributed by atoms with Gasteiger partial charge in [0.2, 0.25) is 0 Å². The Kier molecular flexibility index (Phi) is 9.00. The van der Waals surface area contributed by atoms with E-state index >= 15 is 0 Å². The predicted octanol–water partition coefficient (Wildman–Crippen LogP) is 1.53. The number of rotatable bonds is 9. The Morgan fingerprint density at radius 2 is 1.60 bits per heavy atom. The second kappa shape index (κ2) is 9.09. The molecule has 0 aliphatic rings. The van der Waals surface area contributed by atoms with Gasteiger partial charge in [-0.15, -0.1) is 0 Å². The minimum atomic E-state index is -0.202. The number of ether oxygens (including phenoxy) is 3. The van der Waals surface area contributed by atoms with E-state index in [-0.39, 0.29) is 18.5 Å². The number of nitrogens with two attached hydrogens (primary N) is 1. The fourth-order valence-electron chi connectivity index (χ4n) is 1.36. The Bertz CT molecular complexity index is 136. The van der Waals surface area contributed by atoms with Crippen LogP contribution in [0, 0.1) is 0 Å². The van der Waals surface area contributed by atoms with Crippen molar-refractivity contribution in [1.29, 1.82) is 0 Å². The summed E-state index contributed by atoms with van der Waals surface area (Å²) in [7, 11) is 0. The molecule has 0 heterocycles. The molecule has 1 atom stereocenters. The molecule has 2 N–H and O–H groups in total. The second-order valence-electron chi connectivity index (χ2n) is 3.62. The first kappa shape index (κ1) is 14.8. The van der Waals surface area contributed by atoms with Crippen molar-refractivity contribution in [2.75, 3.05) is 19.8 Å². The third kappa shape index (κ3) is 7.73. The highest BCUT2D eigenvalue weighted by Gasteiger charge is 2.17. The van der Waals surface area contributed by atoms with Gasteiger partial charge in [0, 0.05) is 26.2 Å². The summed E-state index contributed by atoms with van der Waals surface area (Å²) in [4.78, 5) is 0. The monoisotopic (exact) mass is 219 g/mol. The Hall–Kier alpha value is -0.160. The molecule has 0 spiro atoms. The van der Waals surface area contributed by atoms with E-state index in [0.29, 0.717) is 26.2 Å². The van der Waals surface area contributed by atoms with Gasteiger partial charge >= 0.3 is 0 Å². The van der Waals surface area contributed by atoms with Crippen LogP contribution in [0.4, 0.5) is 0 Å². The third-order valence-corrected chi connectivity index (χ3v) is 1.89.